The average molecular weight is 482 g/mol. The average Bonchev–Trinajstić information content (AvgIpc) is 3.06. The number of hydrogen-bond acceptors (Lipinski definition) is 5. The molecule has 3 aromatic rings. The number of carbonyl (C=O) groups is 1. The minimum Gasteiger partial charge on any atom is -0.493 e. The number of aryl methyl sites for hydroxylation is 1. The molecule has 0 N–H and O–H groups in total. The summed E-state index contributed by atoms with van der Waals surface area (Å²) in [7, 11) is 1.60. The standard InChI is InChI=1S/C25H20ClNO3S2/c1-16-6-3-4-7-18(16)15-30-21-11-10-17(12-22(21)29-2)13-23-24(28)27(25(31)32-23)20-9-5-8-19(26)14-20/h3-14H,15H2,1-2H3/b23-13-. The fourth-order valence-corrected chi connectivity index (χ4v) is 4.76. The molecular weight excluding hydrogens is 462 g/mol. The fourth-order valence-electron chi connectivity index (χ4n) is 3.28. The van der Waals surface area contributed by atoms with Crippen molar-refractivity contribution in [3.05, 3.63) is 93.3 Å². The lowest BCUT2D eigenvalue weighted by Gasteiger charge is -2.14. The lowest BCUT2D eigenvalue weighted by atomic mass is 10.1. The van der Waals surface area contributed by atoms with E-state index >= 15 is 0 Å². The summed E-state index contributed by atoms with van der Waals surface area (Å²) < 4.78 is 12.0. The van der Waals surface area contributed by atoms with Crippen molar-refractivity contribution >= 4 is 57.6 Å². The largest absolute Gasteiger partial charge is 0.493 e. The third kappa shape index (κ3) is 4.83. The van der Waals surface area contributed by atoms with Crippen LogP contribution in [0.2, 0.25) is 5.02 Å². The number of amides is 1. The molecule has 1 heterocycles. The smallest absolute Gasteiger partial charge is 0.270 e. The van der Waals surface area contributed by atoms with Gasteiger partial charge in [0.1, 0.15) is 6.61 Å². The van der Waals surface area contributed by atoms with Gasteiger partial charge in [0.25, 0.3) is 5.91 Å². The molecule has 0 bridgehead atoms. The first kappa shape index (κ1) is 22.4. The van der Waals surface area contributed by atoms with Gasteiger partial charge in [-0.25, -0.2) is 0 Å². The van der Waals surface area contributed by atoms with Gasteiger partial charge in [0.2, 0.25) is 0 Å². The molecule has 0 aliphatic carbocycles. The quantitative estimate of drug-likeness (QED) is 0.291. The molecule has 1 fully saturated rings. The normalized spacial score (nSPS) is 14.8. The summed E-state index contributed by atoms with van der Waals surface area (Å²) >= 11 is 12.8. The number of carbonyl (C=O) groups excluding carboxylic acids is 1. The topological polar surface area (TPSA) is 38.8 Å². The van der Waals surface area contributed by atoms with Crippen LogP contribution in [0.3, 0.4) is 0 Å². The van der Waals surface area contributed by atoms with E-state index in [1.807, 2.05) is 42.5 Å². The number of hydrogen-bond donors (Lipinski definition) is 0. The summed E-state index contributed by atoms with van der Waals surface area (Å²) in [4.78, 5) is 15.0. The van der Waals surface area contributed by atoms with Crippen LogP contribution >= 0.6 is 35.6 Å². The Morgan fingerprint density at radius 2 is 1.88 bits per heavy atom. The third-order valence-corrected chi connectivity index (χ3v) is 6.53. The Morgan fingerprint density at radius 1 is 1.06 bits per heavy atom. The van der Waals surface area contributed by atoms with Crippen molar-refractivity contribution in [2.24, 2.45) is 0 Å². The molecule has 0 unspecified atom stereocenters. The van der Waals surface area contributed by atoms with E-state index in [1.165, 1.54) is 22.2 Å². The number of thiocarbonyl (C=S) groups is 1. The molecule has 1 aliphatic heterocycles. The summed E-state index contributed by atoms with van der Waals surface area (Å²) in [5.41, 5.74) is 3.76. The Bertz CT molecular complexity index is 1230. The molecular formula is C25H20ClNO3S2. The highest BCUT2D eigenvalue weighted by molar-refractivity contribution is 8.27. The van der Waals surface area contributed by atoms with Gasteiger partial charge in [-0.1, -0.05) is 72.0 Å². The molecule has 7 heteroatoms. The second kappa shape index (κ2) is 9.77. The summed E-state index contributed by atoms with van der Waals surface area (Å²) in [6, 6.07) is 20.8. The van der Waals surface area contributed by atoms with Crippen LogP contribution in [0.4, 0.5) is 5.69 Å². The first-order valence-electron chi connectivity index (χ1n) is 9.85. The Hall–Kier alpha value is -2.80. The van der Waals surface area contributed by atoms with Crippen molar-refractivity contribution < 1.29 is 14.3 Å². The predicted octanol–water partition coefficient (Wildman–Crippen LogP) is 6.64. The zero-order chi connectivity index (χ0) is 22.7. The first-order chi connectivity index (χ1) is 15.5. The Morgan fingerprint density at radius 3 is 2.62 bits per heavy atom. The number of methoxy groups -OCH3 is 1. The lowest BCUT2D eigenvalue weighted by molar-refractivity contribution is -0.113. The van der Waals surface area contributed by atoms with E-state index in [1.54, 1.807) is 31.4 Å². The molecule has 1 saturated heterocycles. The molecule has 3 aromatic carbocycles. The molecule has 4 rings (SSSR count). The number of anilines is 1. The third-order valence-electron chi connectivity index (χ3n) is 4.99. The fraction of sp³-hybridized carbons (Fsp3) is 0.120. The van der Waals surface area contributed by atoms with Gasteiger partial charge >= 0.3 is 0 Å². The van der Waals surface area contributed by atoms with E-state index < -0.39 is 0 Å². The monoisotopic (exact) mass is 481 g/mol. The summed E-state index contributed by atoms with van der Waals surface area (Å²) in [6.07, 6.45) is 1.80. The van der Waals surface area contributed by atoms with Crippen LogP contribution in [0.5, 0.6) is 11.5 Å². The van der Waals surface area contributed by atoms with Crippen LogP contribution in [0, 0.1) is 6.92 Å². The van der Waals surface area contributed by atoms with Crippen molar-refractivity contribution in [3.8, 4) is 11.5 Å². The van der Waals surface area contributed by atoms with Crippen molar-refractivity contribution in [1.29, 1.82) is 0 Å². The number of rotatable bonds is 6. The number of benzene rings is 3. The van der Waals surface area contributed by atoms with Gasteiger partial charge in [-0.2, -0.15) is 0 Å². The van der Waals surface area contributed by atoms with Gasteiger partial charge in [0, 0.05) is 5.02 Å². The SMILES string of the molecule is COc1cc(/C=C2\SC(=S)N(c3cccc(Cl)c3)C2=O)ccc1OCc1ccccc1C. The maximum atomic E-state index is 13.0. The molecule has 0 spiro atoms. The number of nitrogens with zero attached hydrogens (tertiary/aromatic N) is 1. The first-order valence-corrected chi connectivity index (χ1v) is 11.5. The number of ether oxygens (including phenoxy) is 2. The van der Waals surface area contributed by atoms with Gasteiger partial charge in [0.15, 0.2) is 15.8 Å². The van der Waals surface area contributed by atoms with Crippen molar-refractivity contribution in [2.75, 3.05) is 12.0 Å². The summed E-state index contributed by atoms with van der Waals surface area (Å²) in [5, 5.41) is 0.548. The molecule has 4 nitrogen and oxygen atoms in total. The molecule has 162 valence electrons. The van der Waals surface area contributed by atoms with Crippen molar-refractivity contribution in [3.63, 3.8) is 0 Å². The van der Waals surface area contributed by atoms with Crippen molar-refractivity contribution in [2.45, 2.75) is 13.5 Å². The van der Waals surface area contributed by atoms with Crippen LogP contribution in [-0.2, 0) is 11.4 Å². The van der Waals surface area contributed by atoms with Crippen LogP contribution in [-0.4, -0.2) is 17.3 Å². The Labute approximate surface area is 201 Å². The maximum Gasteiger partial charge on any atom is 0.270 e. The molecule has 0 saturated carbocycles. The van der Waals surface area contributed by atoms with E-state index in [-0.39, 0.29) is 5.91 Å². The molecule has 1 amide bonds. The second-order valence-corrected chi connectivity index (χ2v) is 9.23. The summed E-state index contributed by atoms with van der Waals surface area (Å²) in [6.45, 7) is 2.50. The summed E-state index contributed by atoms with van der Waals surface area (Å²) in [5.74, 6) is 1.05. The van der Waals surface area contributed by atoms with E-state index in [0.717, 1.165) is 11.1 Å². The van der Waals surface area contributed by atoms with Gasteiger partial charge in [-0.3, -0.25) is 9.69 Å². The highest BCUT2D eigenvalue weighted by Gasteiger charge is 2.33. The van der Waals surface area contributed by atoms with Gasteiger partial charge < -0.3 is 9.47 Å². The highest BCUT2D eigenvalue weighted by atomic mass is 35.5. The lowest BCUT2D eigenvalue weighted by Crippen LogP contribution is -2.27. The zero-order valence-corrected chi connectivity index (χ0v) is 19.9. The van der Waals surface area contributed by atoms with Crippen LogP contribution < -0.4 is 14.4 Å². The van der Waals surface area contributed by atoms with E-state index in [2.05, 4.69) is 13.0 Å². The zero-order valence-electron chi connectivity index (χ0n) is 17.5. The molecule has 32 heavy (non-hydrogen) atoms. The molecule has 1 aliphatic rings. The van der Waals surface area contributed by atoms with Crippen molar-refractivity contribution in [1.82, 2.24) is 0 Å². The number of thioether (sulfide) groups is 1. The molecule has 0 radical (unpaired) electrons. The second-order valence-electron chi connectivity index (χ2n) is 7.12. The molecule has 0 aromatic heterocycles. The van der Waals surface area contributed by atoms with Crippen LogP contribution in [0.15, 0.2) is 71.6 Å². The minimum absolute atomic E-state index is 0.180. The van der Waals surface area contributed by atoms with Gasteiger partial charge in [-0.05, 0) is 60.0 Å². The predicted molar refractivity (Wildman–Crippen MR) is 136 cm³/mol. The maximum absolute atomic E-state index is 13.0. The van der Waals surface area contributed by atoms with Crippen LogP contribution in [0.25, 0.3) is 6.08 Å². The van der Waals surface area contributed by atoms with E-state index in [9.17, 15) is 4.79 Å². The number of halogens is 1. The van der Waals surface area contributed by atoms with Gasteiger partial charge in [0.05, 0.1) is 17.7 Å². The highest BCUT2D eigenvalue weighted by Crippen LogP contribution is 2.38. The van der Waals surface area contributed by atoms with Crippen LogP contribution in [0.1, 0.15) is 16.7 Å². The Kier molecular flexibility index (Phi) is 6.84. The van der Waals surface area contributed by atoms with E-state index in [0.29, 0.717) is 38.0 Å². The Balaban J connectivity index is 1.54. The van der Waals surface area contributed by atoms with E-state index in [4.69, 9.17) is 33.3 Å². The molecule has 0 atom stereocenters. The minimum atomic E-state index is -0.180. The van der Waals surface area contributed by atoms with Gasteiger partial charge in [-0.15, -0.1) is 0 Å².